The molecule has 31 heavy (non-hydrogen) atoms. The number of nitrogens with zero attached hydrogens (tertiary/aromatic N) is 2. The maximum atomic E-state index is 12.6. The highest BCUT2D eigenvalue weighted by Crippen LogP contribution is 2.20. The number of halogens is 1. The first kappa shape index (κ1) is 25.2. The summed E-state index contributed by atoms with van der Waals surface area (Å²) in [5, 5.41) is 12.2. The van der Waals surface area contributed by atoms with Crippen molar-refractivity contribution in [2.75, 3.05) is 30.3 Å². The zero-order valence-corrected chi connectivity index (χ0v) is 20.3. The lowest BCUT2D eigenvalue weighted by molar-refractivity contribution is -0.123. The number of carbonyl (C=O) groups excluding carboxylic acids is 2. The van der Waals surface area contributed by atoms with Crippen molar-refractivity contribution < 1.29 is 14.3 Å². The van der Waals surface area contributed by atoms with Gasteiger partial charge in [0.05, 0.1) is 4.47 Å². The van der Waals surface area contributed by atoms with E-state index in [0.29, 0.717) is 25.5 Å². The lowest BCUT2D eigenvalue weighted by Gasteiger charge is -2.23. The molecule has 2 heterocycles. The fourth-order valence-corrected chi connectivity index (χ4v) is 3.44. The first-order valence-corrected chi connectivity index (χ1v) is 11.8. The molecule has 0 radical (unpaired) electrons. The fourth-order valence-electron chi connectivity index (χ4n) is 3.11. The van der Waals surface area contributed by atoms with Gasteiger partial charge in [-0.25, -0.2) is 9.78 Å². The SMILES string of the molecule is CC(C)(C)OC(=O)N[C@H]1CCCCNc2nc(ncc2Br)NCCCCCCNC1=O. The summed E-state index contributed by atoms with van der Waals surface area (Å²) in [5.41, 5.74) is -0.612. The molecule has 10 heteroatoms. The molecule has 0 unspecified atom stereocenters. The Balaban J connectivity index is 1.98. The standard InChI is InChI=1S/C21H35BrN6O3/c1-21(2,3)31-20(30)27-16-10-6-9-11-23-17-15(22)14-26-19(28-17)25-13-8-5-4-7-12-24-18(16)29/h14,16H,4-13H2,1-3H3,(H,24,29)(H,27,30)(H2,23,25,26,28)/t16-/m0/s1. The number of rotatable bonds is 1. The minimum absolute atomic E-state index is 0.162. The summed E-state index contributed by atoms with van der Waals surface area (Å²) in [6.07, 6.45) is 7.23. The van der Waals surface area contributed by atoms with Crippen LogP contribution in [-0.2, 0) is 9.53 Å². The summed E-state index contributed by atoms with van der Waals surface area (Å²) < 4.78 is 6.13. The van der Waals surface area contributed by atoms with E-state index < -0.39 is 17.7 Å². The van der Waals surface area contributed by atoms with Crippen LogP contribution in [0.5, 0.6) is 0 Å². The Bertz CT molecular complexity index is 726. The van der Waals surface area contributed by atoms with Crippen molar-refractivity contribution in [3.63, 3.8) is 0 Å². The Morgan fingerprint density at radius 3 is 2.42 bits per heavy atom. The van der Waals surface area contributed by atoms with E-state index in [9.17, 15) is 9.59 Å². The third kappa shape index (κ3) is 10.2. The number of nitrogens with one attached hydrogen (secondary N) is 4. The van der Waals surface area contributed by atoms with E-state index >= 15 is 0 Å². The summed E-state index contributed by atoms with van der Waals surface area (Å²) in [6, 6.07) is -0.615. The summed E-state index contributed by atoms with van der Waals surface area (Å²) in [7, 11) is 0. The van der Waals surface area contributed by atoms with E-state index in [1.165, 1.54) is 0 Å². The predicted molar refractivity (Wildman–Crippen MR) is 125 cm³/mol. The lowest BCUT2D eigenvalue weighted by Crippen LogP contribution is -2.48. The highest BCUT2D eigenvalue weighted by molar-refractivity contribution is 9.10. The molecule has 1 atom stereocenters. The van der Waals surface area contributed by atoms with Gasteiger partial charge in [0, 0.05) is 25.8 Å². The smallest absolute Gasteiger partial charge is 0.408 e. The van der Waals surface area contributed by atoms with Crippen LogP contribution in [0, 0.1) is 0 Å². The number of hydrogen-bond acceptors (Lipinski definition) is 7. The molecule has 0 aliphatic carbocycles. The van der Waals surface area contributed by atoms with Crippen LogP contribution in [-0.4, -0.2) is 53.2 Å². The normalized spacial score (nSPS) is 19.6. The summed E-state index contributed by atoms with van der Waals surface area (Å²) in [6.45, 7) is 7.49. The van der Waals surface area contributed by atoms with Crippen LogP contribution in [0.15, 0.2) is 10.7 Å². The minimum atomic E-state index is -0.615. The molecule has 1 aromatic heterocycles. The summed E-state index contributed by atoms with van der Waals surface area (Å²) in [4.78, 5) is 33.6. The number of aromatic nitrogens is 2. The average molecular weight is 499 g/mol. The molecule has 1 aromatic rings. The maximum absolute atomic E-state index is 12.6. The topological polar surface area (TPSA) is 117 Å². The summed E-state index contributed by atoms with van der Waals surface area (Å²) >= 11 is 3.47. The van der Waals surface area contributed by atoms with Gasteiger partial charge in [-0.2, -0.15) is 4.98 Å². The van der Waals surface area contributed by atoms with Crippen LogP contribution in [0.2, 0.25) is 0 Å². The molecular weight excluding hydrogens is 464 g/mol. The third-order valence-electron chi connectivity index (χ3n) is 4.65. The van der Waals surface area contributed by atoms with Crippen LogP contribution in [0.3, 0.4) is 0 Å². The van der Waals surface area contributed by atoms with Crippen LogP contribution in [0.4, 0.5) is 16.6 Å². The predicted octanol–water partition coefficient (Wildman–Crippen LogP) is 3.82. The average Bonchev–Trinajstić information content (AvgIpc) is 2.68. The summed E-state index contributed by atoms with van der Waals surface area (Å²) in [5.74, 6) is 1.19. The molecule has 9 nitrogen and oxygen atoms in total. The number of ether oxygens (including phenoxy) is 1. The van der Waals surface area contributed by atoms with Crippen LogP contribution < -0.4 is 21.3 Å². The number of alkyl carbamates (subject to hydrolysis) is 1. The van der Waals surface area contributed by atoms with Crippen molar-refractivity contribution >= 4 is 39.7 Å². The van der Waals surface area contributed by atoms with Gasteiger partial charge in [-0.15, -0.1) is 0 Å². The Kier molecular flexibility index (Phi) is 10.3. The second-order valence-electron chi connectivity index (χ2n) is 8.64. The molecular formula is C21H35BrN6O3. The number of anilines is 2. The molecule has 2 rings (SSSR count). The second-order valence-corrected chi connectivity index (χ2v) is 9.50. The highest BCUT2D eigenvalue weighted by atomic mass is 79.9. The molecule has 2 amide bonds. The van der Waals surface area contributed by atoms with Crippen LogP contribution in [0.25, 0.3) is 0 Å². The van der Waals surface area contributed by atoms with Gasteiger partial charge >= 0.3 is 6.09 Å². The molecule has 2 bridgehead atoms. The first-order chi connectivity index (χ1) is 14.7. The van der Waals surface area contributed by atoms with Crippen LogP contribution in [0.1, 0.15) is 65.7 Å². The molecule has 0 saturated carbocycles. The van der Waals surface area contributed by atoms with E-state index in [1.54, 1.807) is 27.0 Å². The number of hydrogen-bond donors (Lipinski definition) is 4. The maximum Gasteiger partial charge on any atom is 0.408 e. The van der Waals surface area contributed by atoms with Crippen molar-refractivity contribution in [1.29, 1.82) is 0 Å². The molecule has 1 aliphatic rings. The highest BCUT2D eigenvalue weighted by Gasteiger charge is 2.23. The van der Waals surface area contributed by atoms with E-state index in [4.69, 9.17) is 4.74 Å². The van der Waals surface area contributed by atoms with Crippen molar-refractivity contribution in [2.24, 2.45) is 0 Å². The monoisotopic (exact) mass is 498 g/mol. The van der Waals surface area contributed by atoms with Gasteiger partial charge in [0.15, 0.2) is 0 Å². The largest absolute Gasteiger partial charge is 0.444 e. The molecule has 0 aromatic carbocycles. The Morgan fingerprint density at radius 2 is 1.71 bits per heavy atom. The van der Waals surface area contributed by atoms with Gasteiger partial charge in [-0.05, 0) is 68.8 Å². The van der Waals surface area contributed by atoms with Crippen molar-refractivity contribution in [2.45, 2.75) is 77.4 Å². The van der Waals surface area contributed by atoms with Crippen molar-refractivity contribution in [1.82, 2.24) is 20.6 Å². The van der Waals surface area contributed by atoms with E-state index in [-0.39, 0.29) is 5.91 Å². The van der Waals surface area contributed by atoms with E-state index in [2.05, 4.69) is 47.2 Å². The number of fused-ring (bicyclic) bond motifs is 2. The van der Waals surface area contributed by atoms with Gasteiger partial charge < -0.3 is 26.0 Å². The van der Waals surface area contributed by atoms with Gasteiger partial charge in [-0.1, -0.05) is 12.8 Å². The lowest BCUT2D eigenvalue weighted by atomic mass is 10.1. The zero-order chi connectivity index (χ0) is 22.7. The fraction of sp³-hybridized carbons (Fsp3) is 0.714. The van der Waals surface area contributed by atoms with Gasteiger partial charge in [0.25, 0.3) is 0 Å². The first-order valence-electron chi connectivity index (χ1n) is 11.0. The van der Waals surface area contributed by atoms with E-state index in [0.717, 1.165) is 55.4 Å². The Labute approximate surface area is 193 Å². The quantitative estimate of drug-likeness (QED) is 0.464. The molecule has 1 aliphatic heterocycles. The molecule has 174 valence electrons. The van der Waals surface area contributed by atoms with E-state index in [1.807, 2.05) is 0 Å². The van der Waals surface area contributed by atoms with Gasteiger partial charge in [-0.3, -0.25) is 4.79 Å². The third-order valence-corrected chi connectivity index (χ3v) is 5.23. The second kappa shape index (κ2) is 12.7. The Morgan fingerprint density at radius 1 is 1.06 bits per heavy atom. The molecule has 0 spiro atoms. The van der Waals surface area contributed by atoms with Crippen LogP contribution >= 0.6 is 15.9 Å². The molecule has 0 saturated heterocycles. The number of carbonyl (C=O) groups is 2. The zero-order valence-electron chi connectivity index (χ0n) is 18.7. The Hall–Kier alpha value is -2.10. The molecule has 0 fully saturated rings. The molecule has 4 N–H and O–H groups in total. The van der Waals surface area contributed by atoms with Crippen molar-refractivity contribution in [3.8, 4) is 0 Å². The van der Waals surface area contributed by atoms with Gasteiger partial charge in [0.2, 0.25) is 11.9 Å². The van der Waals surface area contributed by atoms with Crippen molar-refractivity contribution in [3.05, 3.63) is 10.7 Å². The van der Waals surface area contributed by atoms with Gasteiger partial charge in [0.1, 0.15) is 17.5 Å². The minimum Gasteiger partial charge on any atom is -0.444 e. The number of amides is 2.